The molecule has 2 rings (SSSR count). The highest BCUT2D eigenvalue weighted by Gasteiger charge is 2.61. The Labute approximate surface area is 496 Å². The Balaban J connectivity index is -0.000000949. The molecule has 4 N–H and O–H groups in total. The highest BCUT2D eigenvalue weighted by molar-refractivity contribution is 7.83. The van der Waals surface area contributed by atoms with Gasteiger partial charge in [-0.15, -0.1) is 18.2 Å². The summed E-state index contributed by atoms with van der Waals surface area (Å²) in [5.41, 5.74) is 2.53. The van der Waals surface area contributed by atoms with E-state index in [-0.39, 0.29) is 27.7 Å². The molecule has 0 aliphatic heterocycles. The summed E-state index contributed by atoms with van der Waals surface area (Å²) in [5, 5.41) is 13.2. The maximum Gasteiger partial charge on any atom is 0.527 e. The van der Waals surface area contributed by atoms with E-state index < -0.39 is 49.2 Å². The Bertz CT molecular complexity index is 1640. The molecule has 0 amide bonds. The second-order valence-corrected chi connectivity index (χ2v) is 35.3. The fraction of sp³-hybridized carbons (Fsp3) is 0.736. The van der Waals surface area contributed by atoms with E-state index in [0.717, 1.165) is 51.4 Å². The number of benzene rings is 2. The van der Waals surface area contributed by atoms with Crippen molar-refractivity contribution >= 4 is 68.3 Å². The molecule has 0 bridgehead atoms. The first-order valence-corrected chi connectivity index (χ1v) is 37.0. The summed E-state index contributed by atoms with van der Waals surface area (Å²) in [7, 11) is 11.3. The third-order valence-electron chi connectivity index (χ3n) is 13.4. The highest BCUT2D eigenvalue weighted by Crippen LogP contribution is 2.29. The second-order valence-electron chi connectivity index (χ2n) is 17.6. The van der Waals surface area contributed by atoms with E-state index in [1.54, 1.807) is 107 Å². The van der Waals surface area contributed by atoms with Crippen LogP contribution in [0.5, 0.6) is 0 Å². The van der Waals surface area contributed by atoms with Crippen LogP contribution in [0.1, 0.15) is 105 Å². The van der Waals surface area contributed by atoms with Crippen LogP contribution in [0.2, 0.25) is 6.04 Å². The van der Waals surface area contributed by atoms with Crippen LogP contribution in [-0.2, 0) is 79.5 Å². The average Bonchev–Trinajstić information content (AvgIpc) is 3.55. The fourth-order valence-corrected chi connectivity index (χ4v) is 20.7. The number of rotatable bonds is 39. The van der Waals surface area contributed by atoms with E-state index in [1.807, 2.05) is 63.2 Å². The van der Waals surface area contributed by atoms with E-state index in [1.165, 1.54) is 30.4 Å². The first kappa shape index (κ1) is 82.4. The highest BCUT2D eigenvalue weighted by atomic mass is 35.5. The van der Waals surface area contributed by atoms with Crippen molar-refractivity contribution in [1.82, 2.24) is 21.3 Å². The molecule has 6 unspecified atom stereocenters. The Morgan fingerprint density at radius 3 is 1.24 bits per heavy atom. The summed E-state index contributed by atoms with van der Waals surface area (Å²) in [4.78, 5) is 0.0579. The number of alkyl halides is 1. The molecule has 0 saturated heterocycles. The second kappa shape index (κ2) is 47.4. The lowest BCUT2D eigenvalue weighted by molar-refractivity contribution is 0.0836. The standard InChI is InChI=1S/C17H30N2O3Si.C15H28N2O3Si.C9H22O3Si.C6H15ClO3Si.C6H16O3SSi/c1-7-17(19-8-2,23(20-4,21-5)22-6)15(3)18-14-16-12-10-9-11-13-16;1-6-15(21(18-3,19-4)20-5)17-13(2)16-12-14-10-8-7-9-11-14;1-5-6-7-8-9-13(10-2,11-3)12-4;1-5-6(7)11(8-2,9-3)10-4;1-5-6(10)11(7-2,8-3)9-4/h7,9-13,15,18-19H,1,8,14H2,2-6H3;7-11,13,15-17H,6,12H2,1-5H3;5-9H2,1-4H3;6H,5H2,1-4H3;6,10H,5H2,1-4H3. The molecule has 6 atom stereocenters. The summed E-state index contributed by atoms with van der Waals surface area (Å²) in [6, 6.07) is 21.5. The molecule has 0 spiro atoms. The van der Waals surface area contributed by atoms with Crippen molar-refractivity contribution in [3.8, 4) is 0 Å². The van der Waals surface area contributed by atoms with E-state index in [9.17, 15) is 0 Å². The summed E-state index contributed by atoms with van der Waals surface area (Å²) in [5.74, 6) is 0. The molecule has 26 heteroatoms. The van der Waals surface area contributed by atoms with Crippen LogP contribution >= 0.6 is 24.2 Å². The van der Waals surface area contributed by atoms with Crippen LogP contribution in [0, 0.1) is 0 Å². The van der Waals surface area contributed by atoms with Crippen molar-refractivity contribution < 1.29 is 66.4 Å². The Hall–Kier alpha value is -0.856. The number of halogens is 1. The predicted octanol–water partition coefficient (Wildman–Crippen LogP) is 9.00. The number of nitrogens with one attached hydrogen (secondary N) is 4. The van der Waals surface area contributed by atoms with Gasteiger partial charge in [0.1, 0.15) is 10.2 Å². The molecular formula is C53H111ClN4O15SSi5. The third kappa shape index (κ3) is 26.9. The van der Waals surface area contributed by atoms with Gasteiger partial charge in [0.15, 0.2) is 0 Å². The van der Waals surface area contributed by atoms with E-state index >= 15 is 0 Å². The molecule has 0 radical (unpaired) electrons. The van der Waals surface area contributed by atoms with Crippen molar-refractivity contribution in [2.24, 2.45) is 0 Å². The molecule has 0 saturated carbocycles. The van der Waals surface area contributed by atoms with Gasteiger partial charge in [-0.05, 0) is 57.2 Å². The minimum absolute atomic E-state index is 0.00771. The molecule has 0 aliphatic carbocycles. The monoisotopic (exact) mass is 1250 g/mol. The lowest BCUT2D eigenvalue weighted by atomic mass is 10.1. The van der Waals surface area contributed by atoms with E-state index in [2.05, 4.69) is 92.4 Å². The smallest absolute Gasteiger partial charge is 0.377 e. The van der Waals surface area contributed by atoms with Gasteiger partial charge in [0.2, 0.25) is 0 Å². The van der Waals surface area contributed by atoms with Crippen LogP contribution in [0.15, 0.2) is 73.3 Å². The van der Waals surface area contributed by atoms with Gasteiger partial charge < -0.3 is 77.0 Å². The summed E-state index contributed by atoms with van der Waals surface area (Å²) >= 11 is 10.3. The minimum atomic E-state index is -3.01. The van der Waals surface area contributed by atoms with Crippen LogP contribution in [0.3, 0.4) is 0 Å². The van der Waals surface area contributed by atoms with Crippen molar-refractivity contribution in [3.63, 3.8) is 0 Å². The molecule has 2 aromatic carbocycles. The predicted molar refractivity (Wildman–Crippen MR) is 335 cm³/mol. The third-order valence-corrected chi connectivity index (χ3v) is 31.0. The maximum absolute atomic E-state index is 5.98. The molecule has 79 heavy (non-hydrogen) atoms. The largest absolute Gasteiger partial charge is 0.527 e. The van der Waals surface area contributed by atoms with Crippen LogP contribution in [0.4, 0.5) is 0 Å². The molecule has 2 aromatic rings. The van der Waals surface area contributed by atoms with Gasteiger partial charge in [-0.2, -0.15) is 12.6 Å². The van der Waals surface area contributed by atoms with Gasteiger partial charge in [0, 0.05) is 132 Å². The van der Waals surface area contributed by atoms with Crippen LogP contribution in [0.25, 0.3) is 0 Å². The zero-order chi connectivity index (χ0) is 61.0. The van der Waals surface area contributed by atoms with E-state index in [4.69, 9.17) is 78.0 Å². The Kier molecular flexibility index (Phi) is 49.4. The van der Waals surface area contributed by atoms with Gasteiger partial charge in [0.05, 0.1) is 16.7 Å². The number of unbranched alkanes of at least 4 members (excludes halogenated alkanes) is 3. The maximum atomic E-state index is 5.98. The fourth-order valence-electron chi connectivity index (χ4n) is 8.47. The zero-order valence-electron chi connectivity index (χ0n) is 52.7. The Morgan fingerprint density at radius 1 is 0.532 bits per heavy atom. The first-order valence-electron chi connectivity index (χ1n) is 27.0. The first-order chi connectivity index (χ1) is 37.7. The normalized spacial score (nSPS) is 14.7. The topological polar surface area (TPSA) is 187 Å². The number of hydrogen-bond acceptors (Lipinski definition) is 20. The summed E-state index contributed by atoms with van der Waals surface area (Å²) in [6.07, 6.45) is 9.41. The Morgan fingerprint density at radius 2 is 0.949 bits per heavy atom. The van der Waals surface area contributed by atoms with Gasteiger partial charge in [0.25, 0.3) is 0 Å². The van der Waals surface area contributed by atoms with Crippen LogP contribution in [-0.4, -0.2) is 190 Å². The molecule has 0 heterocycles. The van der Waals surface area contributed by atoms with Crippen molar-refractivity contribution in [2.45, 2.75) is 145 Å². The number of thiol groups is 1. The molecule has 0 aliphatic rings. The molecule has 0 fully saturated rings. The minimum Gasteiger partial charge on any atom is -0.377 e. The van der Waals surface area contributed by atoms with Crippen molar-refractivity contribution in [1.29, 1.82) is 0 Å². The lowest BCUT2D eigenvalue weighted by Crippen LogP contribution is -2.76. The van der Waals surface area contributed by atoms with E-state index in [0.29, 0.717) is 0 Å². The number of likely N-dealkylation sites (N-methyl/N-ethyl adjacent to an activating group) is 1. The molecule has 0 aromatic heterocycles. The van der Waals surface area contributed by atoms with Crippen LogP contribution < -0.4 is 21.3 Å². The quantitative estimate of drug-likeness (QED) is 0.0107. The SMILES string of the molecule is C=CC(NCC)(C(C)NCc1ccccc1)[Si](OC)(OC)OC.CCC(Cl)[Si](OC)(OC)OC.CCC(NC(C)NCc1ccccc1)[Si](OC)(OC)OC.CCC(S)[Si](OC)(OC)OC.CCCCCC[Si](OC)(OC)OC. The van der Waals surface area contributed by atoms with Crippen molar-refractivity contribution in [2.75, 3.05) is 113 Å². The average molecular weight is 1250 g/mol. The van der Waals surface area contributed by atoms with Gasteiger partial charge in [-0.25, -0.2) is 0 Å². The van der Waals surface area contributed by atoms with Crippen molar-refractivity contribution in [3.05, 3.63) is 84.4 Å². The molecule has 19 nitrogen and oxygen atoms in total. The van der Waals surface area contributed by atoms with Gasteiger partial charge >= 0.3 is 44.0 Å². The zero-order valence-corrected chi connectivity index (χ0v) is 59.3. The number of hydrogen-bond donors (Lipinski definition) is 5. The summed E-state index contributed by atoms with van der Waals surface area (Å²) in [6.45, 7) is 20.8. The summed E-state index contributed by atoms with van der Waals surface area (Å²) < 4.78 is 80.9. The van der Waals surface area contributed by atoms with Gasteiger partial charge in [-0.1, -0.05) is 121 Å². The van der Waals surface area contributed by atoms with Gasteiger partial charge in [-0.3, -0.25) is 10.6 Å². The lowest BCUT2D eigenvalue weighted by Gasteiger charge is -2.46. The molecular weight excluding hydrogens is 1140 g/mol. The molecule has 466 valence electrons.